The fraction of sp³-hybridized carbons (Fsp3) is 0.640. The Labute approximate surface area is 212 Å². The van der Waals surface area contributed by atoms with E-state index in [4.69, 9.17) is 16.1 Å². The molecule has 2 aliphatic rings. The van der Waals surface area contributed by atoms with E-state index in [1.165, 1.54) is 25.9 Å². The lowest BCUT2D eigenvalue weighted by molar-refractivity contribution is -0.123. The van der Waals surface area contributed by atoms with Crippen LogP contribution in [0.5, 0.6) is 0 Å². The van der Waals surface area contributed by atoms with Gasteiger partial charge in [0.25, 0.3) is 0 Å². The summed E-state index contributed by atoms with van der Waals surface area (Å²) in [5.74, 6) is -0.454. The quantitative estimate of drug-likeness (QED) is 0.585. The average molecular weight is 523 g/mol. The van der Waals surface area contributed by atoms with Crippen LogP contribution in [0.1, 0.15) is 68.8 Å². The van der Waals surface area contributed by atoms with Gasteiger partial charge in [-0.1, -0.05) is 30.6 Å². The van der Waals surface area contributed by atoms with Gasteiger partial charge in [-0.25, -0.2) is 8.42 Å². The van der Waals surface area contributed by atoms with Crippen molar-refractivity contribution in [1.82, 2.24) is 20.4 Å². The van der Waals surface area contributed by atoms with Crippen LogP contribution in [-0.2, 0) is 26.8 Å². The van der Waals surface area contributed by atoms with Crippen LogP contribution >= 0.6 is 11.6 Å². The normalized spacial score (nSPS) is 22.9. The molecule has 0 bridgehead atoms. The molecule has 10 heteroatoms. The van der Waals surface area contributed by atoms with E-state index < -0.39 is 15.6 Å². The highest BCUT2D eigenvalue weighted by Crippen LogP contribution is 2.38. The molecule has 1 N–H and O–H groups in total. The van der Waals surface area contributed by atoms with Gasteiger partial charge in [0.2, 0.25) is 11.8 Å². The monoisotopic (exact) mass is 522 g/mol. The van der Waals surface area contributed by atoms with Crippen molar-refractivity contribution in [3.63, 3.8) is 0 Å². The number of nitrogens with zero attached hydrogens (tertiary/aromatic N) is 3. The fourth-order valence-electron chi connectivity index (χ4n) is 5.43. The van der Waals surface area contributed by atoms with Gasteiger partial charge in [-0.05, 0) is 87.7 Å². The zero-order valence-corrected chi connectivity index (χ0v) is 22.5. The first kappa shape index (κ1) is 26.1. The molecule has 2 atom stereocenters. The first-order valence-electron chi connectivity index (χ1n) is 12.3. The third-order valence-corrected chi connectivity index (χ3v) is 9.57. The molecule has 192 valence electrons. The van der Waals surface area contributed by atoms with E-state index in [1.807, 2.05) is 0 Å². The first-order chi connectivity index (χ1) is 16.4. The van der Waals surface area contributed by atoms with Crippen LogP contribution in [0.2, 0.25) is 5.02 Å². The lowest BCUT2D eigenvalue weighted by Gasteiger charge is -2.45. The molecule has 2 unspecified atom stereocenters. The molecule has 1 saturated heterocycles. The predicted molar refractivity (Wildman–Crippen MR) is 134 cm³/mol. The number of amides is 1. The van der Waals surface area contributed by atoms with E-state index >= 15 is 0 Å². The van der Waals surface area contributed by atoms with Gasteiger partial charge >= 0.3 is 0 Å². The highest BCUT2D eigenvalue weighted by molar-refractivity contribution is 7.90. The van der Waals surface area contributed by atoms with Gasteiger partial charge in [0.05, 0.1) is 4.90 Å². The topological polar surface area (TPSA) is 105 Å². The molecular formula is C25H35ClN4O4S. The standard InChI is InChI=1S/C25H35ClN4O4S/c1-16-12-20(17(2)11-19(16)26)35(32,33)15-22-28-24(34-29-22)13-23(31)27-21-8-7-18(14-25(21,3)4)30-9-5-6-10-30/h11-12,18,21H,5-10,13-15H2,1-4H3,(H,27,31). The van der Waals surface area contributed by atoms with E-state index in [0.717, 1.165) is 19.3 Å². The molecule has 0 spiro atoms. The summed E-state index contributed by atoms with van der Waals surface area (Å²) in [6, 6.07) is 3.86. The van der Waals surface area contributed by atoms with Gasteiger partial charge in [-0.2, -0.15) is 4.98 Å². The molecule has 1 aromatic carbocycles. The Morgan fingerprint density at radius 2 is 1.91 bits per heavy atom. The summed E-state index contributed by atoms with van der Waals surface area (Å²) in [5, 5.41) is 7.47. The van der Waals surface area contributed by atoms with E-state index in [-0.39, 0.29) is 40.4 Å². The van der Waals surface area contributed by atoms with Gasteiger partial charge in [-0.15, -0.1) is 0 Å². The van der Waals surface area contributed by atoms with Crippen LogP contribution in [0.25, 0.3) is 0 Å². The van der Waals surface area contributed by atoms with Crippen LogP contribution in [0.3, 0.4) is 0 Å². The number of hydrogen-bond donors (Lipinski definition) is 1. The first-order valence-corrected chi connectivity index (χ1v) is 14.3. The maximum atomic E-state index is 12.9. The largest absolute Gasteiger partial charge is 0.352 e. The second kappa shape index (κ2) is 10.2. The molecule has 1 saturated carbocycles. The number of aryl methyl sites for hydroxylation is 2. The summed E-state index contributed by atoms with van der Waals surface area (Å²) in [5.41, 5.74) is 1.23. The van der Waals surface area contributed by atoms with Crippen molar-refractivity contribution in [3.8, 4) is 0 Å². The molecule has 2 heterocycles. The minimum Gasteiger partial charge on any atom is -0.352 e. The minimum atomic E-state index is -3.70. The Balaban J connectivity index is 1.35. The molecule has 1 aliphatic carbocycles. The smallest absolute Gasteiger partial charge is 0.236 e. The number of carbonyl (C=O) groups excluding carboxylic acids is 1. The molecule has 4 rings (SSSR count). The zero-order chi connectivity index (χ0) is 25.4. The molecule has 2 aromatic rings. The maximum absolute atomic E-state index is 12.9. The number of likely N-dealkylation sites (tertiary alicyclic amines) is 1. The number of nitrogens with one attached hydrogen (secondary N) is 1. The fourth-order valence-corrected chi connectivity index (χ4v) is 7.16. The van der Waals surface area contributed by atoms with Crippen LogP contribution in [0.15, 0.2) is 21.6 Å². The van der Waals surface area contributed by atoms with Crippen molar-refractivity contribution >= 4 is 27.3 Å². The molecule has 2 fully saturated rings. The lowest BCUT2D eigenvalue weighted by atomic mass is 9.70. The van der Waals surface area contributed by atoms with E-state index in [0.29, 0.717) is 22.2 Å². The van der Waals surface area contributed by atoms with Crippen molar-refractivity contribution < 1.29 is 17.7 Å². The van der Waals surface area contributed by atoms with E-state index in [9.17, 15) is 13.2 Å². The molecule has 1 aliphatic heterocycles. The van der Waals surface area contributed by atoms with Crippen molar-refractivity contribution in [2.24, 2.45) is 5.41 Å². The summed E-state index contributed by atoms with van der Waals surface area (Å²) < 4.78 is 31.1. The van der Waals surface area contributed by atoms with Crippen molar-refractivity contribution in [2.45, 2.75) is 89.0 Å². The summed E-state index contributed by atoms with van der Waals surface area (Å²) >= 11 is 6.10. The summed E-state index contributed by atoms with van der Waals surface area (Å²) in [4.78, 5) is 19.7. The van der Waals surface area contributed by atoms with Crippen LogP contribution in [-0.4, -0.2) is 54.5 Å². The van der Waals surface area contributed by atoms with Crippen molar-refractivity contribution in [1.29, 1.82) is 0 Å². The number of rotatable bonds is 7. The van der Waals surface area contributed by atoms with Gasteiger partial charge in [0.1, 0.15) is 12.2 Å². The Bertz CT molecular complexity index is 1190. The molecule has 1 aromatic heterocycles. The SMILES string of the molecule is Cc1cc(S(=O)(=O)Cc2noc(CC(=O)NC3CCC(N4CCCC4)CC3(C)C)n2)c(C)cc1Cl. The second-order valence-corrected chi connectivity index (χ2v) is 13.1. The van der Waals surface area contributed by atoms with Crippen molar-refractivity contribution in [3.05, 3.63) is 40.0 Å². The van der Waals surface area contributed by atoms with Gasteiger partial charge in [0.15, 0.2) is 15.7 Å². The maximum Gasteiger partial charge on any atom is 0.236 e. The average Bonchev–Trinajstić information content (AvgIpc) is 3.44. The lowest BCUT2D eigenvalue weighted by Crippen LogP contribution is -2.52. The number of aromatic nitrogens is 2. The Morgan fingerprint density at radius 3 is 2.60 bits per heavy atom. The summed E-state index contributed by atoms with van der Waals surface area (Å²) in [6.07, 6.45) is 5.57. The van der Waals surface area contributed by atoms with Crippen LogP contribution in [0, 0.1) is 19.3 Å². The van der Waals surface area contributed by atoms with E-state index in [1.54, 1.807) is 26.0 Å². The number of sulfone groups is 1. The number of halogens is 1. The second-order valence-electron chi connectivity index (χ2n) is 10.7. The summed E-state index contributed by atoms with van der Waals surface area (Å²) in [6.45, 7) is 10.3. The Kier molecular flexibility index (Phi) is 7.60. The predicted octanol–water partition coefficient (Wildman–Crippen LogP) is 4.02. The summed E-state index contributed by atoms with van der Waals surface area (Å²) in [7, 11) is -3.70. The van der Waals surface area contributed by atoms with Gasteiger partial charge in [-0.3, -0.25) is 4.79 Å². The highest BCUT2D eigenvalue weighted by atomic mass is 35.5. The Hall–Kier alpha value is -1.97. The van der Waals surface area contributed by atoms with Crippen LogP contribution < -0.4 is 5.32 Å². The third kappa shape index (κ3) is 6.06. The van der Waals surface area contributed by atoms with Crippen molar-refractivity contribution in [2.75, 3.05) is 13.1 Å². The molecule has 8 nitrogen and oxygen atoms in total. The molecular weight excluding hydrogens is 488 g/mol. The highest BCUT2D eigenvalue weighted by Gasteiger charge is 2.40. The molecule has 1 amide bonds. The number of carbonyl (C=O) groups is 1. The van der Waals surface area contributed by atoms with Gasteiger partial charge < -0.3 is 14.7 Å². The number of hydrogen-bond acceptors (Lipinski definition) is 7. The van der Waals surface area contributed by atoms with Gasteiger partial charge in [0, 0.05) is 17.1 Å². The number of benzene rings is 1. The van der Waals surface area contributed by atoms with Crippen LogP contribution in [0.4, 0.5) is 0 Å². The third-order valence-electron chi connectivity index (χ3n) is 7.42. The minimum absolute atomic E-state index is 0.0101. The molecule has 35 heavy (non-hydrogen) atoms. The van der Waals surface area contributed by atoms with E-state index in [2.05, 4.69) is 34.2 Å². The molecule has 0 radical (unpaired) electrons. The zero-order valence-electron chi connectivity index (χ0n) is 20.9. The Morgan fingerprint density at radius 1 is 1.20 bits per heavy atom.